The molecule has 0 fully saturated rings. The van der Waals surface area contributed by atoms with Gasteiger partial charge in [-0.15, -0.1) is 15.3 Å². The molecule has 0 radical (unpaired) electrons. The zero-order valence-corrected chi connectivity index (χ0v) is 13.4. The molecule has 0 N–H and O–H groups in total. The minimum atomic E-state index is 0.198. The molecule has 10 heteroatoms. The molecule has 10 nitrogen and oxygen atoms in total. The highest BCUT2D eigenvalue weighted by atomic mass is 16.5. The van der Waals surface area contributed by atoms with Gasteiger partial charge in [-0.3, -0.25) is 9.97 Å². The van der Waals surface area contributed by atoms with E-state index in [1.807, 2.05) is 0 Å². The first-order valence-corrected chi connectivity index (χ1v) is 7.36. The zero-order valence-electron chi connectivity index (χ0n) is 13.4. The van der Waals surface area contributed by atoms with Crippen LogP contribution in [0.5, 0.6) is 11.6 Å². The molecule has 0 aromatic carbocycles. The van der Waals surface area contributed by atoms with Crippen molar-refractivity contribution in [3.05, 3.63) is 42.2 Å². The predicted molar refractivity (Wildman–Crippen MR) is 83.9 cm³/mol. The van der Waals surface area contributed by atoms with Gasteiger partial charge >= 0.3 is 0 Å². The van der Waals surface area contributed by atoms with Crippen molar-refractivity contribution in [1.29, 1.82) is 0 Å². The summed E-state index contributed by atoms with van der Waals surface area (Å²) in [7, 11) is 1.53. The molecular weight excluding hydrogens is 326 g/mol. The van der Waals surface area contributed by atoms with Crippen LogP contribution in [0.4, 0.5) is 0 Å². The topological polar surface area (TPSA) is 113 Å². The first kappa shape index (κ1) is 15.0. The highest BCUT2D eigenvalue weighted by Gasteiger charge is 2.17. The maximum absolute atomic E-state index is 5.73. The molecule has 0 aliphatic heterocycles. The number of hydrogen-bond acceptors (Lipinski definition) is 9. The Labute approximate surface area is 141 Å². The molecule has 0 amide bonds. The van der Waals surface area contributed by atoms with Gasteiger partial charge < -0.3 is 14.0 Å². The van der Waals surface area contributed by atoms with Crippen molar-refractivity contribution in [3.63, 3.8) is 0 Å². The van der Waals surface area contributed by atoms with Crippen LogP contribution in [0.1, 0.15) is 11.5 Å². The van der Waals surface area contributed by atoms with Crippen LogP contribution in [0.15, 0.2) is 35.2 Å². The fraction of sp³-hybridized carbons (Fsp3) is 0.200. The fourth-order valence-electron chi connectivity index (χ4n) is 2.22. The molecule has 0 atom stereocenters. The number of ether oxygens (including phenoxy) is 2. The summed E-state index contributed by atoms with van der Waals surface area (Å²) in [5.74, 6) is 1.83. The van der Waals surface area contributed by atoms with Gasteiger partial charge in [0.05, 0.1) is 19.0 Å². The van der Waals surface area contributed by atoms with Crippen LogP contribution in [-0.2, 0) is 6.61 Å². The Bertz CT molecular complexity index is 1010. The van der Waals surface area contributed by atoms with E-state index in [9.17, 15) is 0 Å². The van der Waals surface area contributed by atoms with E-state index in [2.05, 4.69) is 30.4 Å². The molecule has 4 rings (SSSR count). The van der Waals surface area contributed by atoms with Crippen molar-refractivity contribution in [2.24, 2.45) is 0 Å². The molecule has 0 bridgehead atoms. The summed E-state index contributed by atoms with van der Waals surface area (Å²) in [4.78, 5) is 8.16. The van der Waals surface area contributed by atoms with E-state index in [0.29, 0.717) is 34.4 Å². The second-order valence-electron chi connectivity index (χ2n) is 5.12. The summed E-state index contributed by atoms with van der Waals surface area (Å²) < 4.78 is 17.7. The van der Waals surface area contributed by atoms with Crippen LogP contribution in [0.2, 0.25) is 0 Å². The first-order chi connectivity index (χ1) is 12.2. The van der Waals surface area contributed by atoms with Crippen molar-refractivity contribution < 1.29 is 14.0 Å². The summed E-state index contributed by atoms with van der Waals surface area (Å²) in [6.45, 7) is 1.99. The van der Waals surface area contributed by atoms with Gasteiger partial charge in [0.2, 0.25) is 5.82 Å². The third-order valence-electron chi connectivity index (χ3n) is 3.38. The zero-order chi connectivity index (χ0) is 17.2. The van der Waals surface area contributed by atoms with Gasteiger partial charge in [-0.05, 0) is 6.92 Å². The van der Waals surface area contributed by atoms with Gasteiger partial charge in [0, 0.05) is 24.5 Å². The normalized spacial score (nSPS) is 11.0. The van der Waals surface area contributed by atoms with Crippen LogP contribution in [0, 0.1) is 6.92 Å². The summed E-state index contributed by atoms with van der Waals surface area (Å²) >= 11 is 0. The van der Waals surface area contributed by atoms with Crippen LogP contribution < -0.4 is 9.47 Å². The van der Waals surface area contributed by atoms with Crippen LogP contribution in [0.25, 0.3) is 17.2 Å². The molecule has 0 saturated carbocycles. The van der Waals surface area contributed by atoms with Crippen molar-refractivity contribution >= 4 is 5.65 Å². The lowest BCUT2D eigenvalue weighted by atomic mass is 10.3. The Morgan fingerprint density at radius 1 is 1.20 bits per heavy atom. The van der Waals surface area contributed by atoms with Crippen molar-refractivity contribution in [2.75, 3.05) is 7.11 Å². The maximum Gasteiger partial charge on any atom is 0.275 e. The number of aromatic nitrogens is 7. The standard InChI is InChI=1S/C15H13N7O3/c1-9-5-11(21-25-9)14-19-18-13-6-12(23-2)15(20-22(13)14)24-8-10-7-16-3-4-17-10/h3-7H,8H2,1-2H3. The van der Waals surface area contributed by atoms with Crippen LogP contribution >= 0.6 is 0 Å². The largest absolute Gasteiger partial charge is 0.491 e. The monoisotopic (exact) mass is 339 g/mol. The molecule has 126 valence electrons. The molecule has 25 heavy (non-hydrogen) atoms. The van der Waals surface area contributed by atoms with Crippen LogP contribution in [-0.4, -0.2) is 42.0 Å². The van der Waals surface area contributed by atoms with E-state index in [4.69, 9.17) is 14.0 Å². The second-order valence-corrected chi connectivity index (χ2v) is 5.12. The number of aryl methyl sites for hydroxylation is 1. The van der Waals surface area contributed by atoms with E-state index < -0.39 is 0 Å². The molecule has 0 saturated heterocycles. The molecular formula is C15H13N7O3. The molecule has 4 aromatic rings. The predicted octanol–water partition coefficient (Wildman–Crippen LogP) is 1.47. The number of rotatable bonds is 5. The number of methoxy groups -OCH3 is 1. The molecule has 4 heterocycles. The van der Waals surface area contributed by atoms with E-state index in [1.165, 1.54) is 11.6 Å². The van der Waals surface area contributed by atoms with Crippen molar-refractivity contribution in [2.45, 2.75) is 13.5 Å². The van der Waals surface area contributed by atoms with Gasteiger partial charge in [0.15, 0.2) is 17.1 Å². The molecule has 0 spiro atoms. The number of nitrogens with zero attached hydrogens (tertiary/aromatic N) is 7. The first-order valence-electron chi connectivity index (χ1n) is 7.36. The van der Waals surface area contributed by atoms with Crippen molar-refractivity contribution in [3.8, 4) is 23.1 Å². The van der Waals surface area contributed by atoms with Crippen LogP contribution in [0.3, 0.4) is 0 Å². The minimum Gasteiger partial charge on any atom is -0.491 e. The second kappa shape index (κ2) is 6.15. The highest BCUT2D eigenvalue weighted by Crippen LogP contribution is 2.27. The Morgan fingerprint density at radius 2 is 2.12 bits per heavy atom. The Morgan fingerprint density at radius 3 is 2.84 bits per heavy atom. The summed E-state index contributed by atoms with van der Waals surface area (Å²) in [6.07, 6.45) is 4.81. The average molecular weight is 339 g/mol. The molecule has 0 aliphatic carbocycles. The summed E-state index contributed by atoms with van der Waals surface area (Å²) in [6, 6.07) is 3.44. The van der Waals surface area contributed by atoms with Gasteiger partial charge in [-0.1, -0.05) is 5.16 Å². The minimum absolute atomic E-state index is 0.198. The summed E-state index contributed by atoms with van der Waals surface area (Å²) in [5.41, 5.74) is 1.70. The van der Waals surface area contributed by atoms with E-state index in [1.54, 1.807) is 37.6 Å². The van der Waals surface area contributed by atoms with Gasteiger partial charge in [-0.25, -0.2) is 0 Å². The smallest absolute Gasteiger partial charge is 0.275 e. The van der Waals surface area contributed by atoms with E-state index >= 15 is 0 Å². The number of fused-ring (bicyclic) bond motifs is 1. The van der Waals surface area contributed by atoms with Gasteiger partial charge in [0.25, 0.3) is 5.88 Å². The third-order valence-corrected chi connectivity index (χ3v) is 3.38. The lowest BCUT2D eigenvalue weighted by Gasteiger charge is -2.09. The molecule has 4 aromatic heterocycles. The molecule has 0 aliphatic rings. The van der Waals surface area contributed by atoms with E-state index in [-0.39, 0.29) is 12.5 Å². The Hall–Kier alpha value is -3.56. The van der Waals surface area contributed by atoms with Crippen molar-refractivity contribution in [1.82, 2.24) is 34.9 Å². The Kier molecular flexibility index (Phi) is 3.69. The van der Waals surface area contributed by atoms with Gasteiger partial charge in [0.1, 0.15) is 12.4 Å². The maximum atomic E-state index is 5.73. The summed E-state index contributed by atoms with van der Waals surface area (Å²) in [5, 5.41) is 16.6. The SMILES string of the molecule is COc1cc2nnc(-c3cc(C)on3)n2nc1OCc1cnccn1. The highest BCUT2D eigenvalue weighted by molar-refractivity contribution is 5.56. The fourth-order valence-corrected chi connectivity index (χ4v) is 2.22. The molecule has 0 unspecified atom stereocenters. The van der Waals surface area contributed by atoms with Gasteiger partial charge in [-0.2, -0.15) is 4.52 Å². The Balaban J connectivity index is 1.72. The quantitative estimate of drug-likeness (QED) is 0.533. The third kappa shape index (κ3) is 2.84. The average Bonchev–Trinajstić information content (AvgIpc) is 3.25. The lowest BCUT2D eigenvalue weighted by molar-refractivity contribution is 0.264. The number of hydrogen-bond donors (Lipinski definition) is 0. The van der Waals surface area contributed by atoms with E-state index in [0.717, 1.165) is 0 Å². The lowest BCUT2D eigenvalue weighted by Crippen LogP contribution is -2.05.